The molecule has 0 rings (SSSR count). The summed E-state index contributed by atoms with van der Waals surface area (Å²) in [6.45, 7) is 0. The molecular formula is H5LiNO3P. The van der Waals surface area contributed by atoms with Gasteiger partial charge in [-0.25, -0.2) is 10.1 Å². The summed E-state index contributed by atoms with van der Waals surface area (Å²) in [7, 11) is -4.14. The van der Waals surface area contributed by atoms with E-state index < -0.39 is 7.75 Å². The van der Waals surface area contributed by atoms with Crippen molar-refractivity contribution in [1.82, 2.24) is 0 Å². The maximum absolute atomic E-state index is 9.10. The van der Waals surface area contributed by atoms with Crippen LogP contribution in [0.15, 0.2) is 0 Å². The summed E-state index contributed by atoms with van der Waals surface area (Å²) in [6.07, 6.45) is 0. The predicted octanol–water partition coefficient (Wildman–Crippen LogP) is -1.61. The topological polar surface area (TPSA) is 83.6 Å². The molecule has 0 aromatic rings. The van der Waals surface area contributed by atoms with Gasteiger partial charge in [-0.05, 0) is 0 Å². The number of hydrogen-bond donors (Lipinski definition) is 3. The van der Waals surface area contributed by atoms with Crippen molar-refractivity contribution in [3.8, 4) is 0 Å². The van der Waals surface area contributed by atoms with E-state index in [-0.39, 0.29) is 18.9 Å². The molecule has 34 valence electrons. The predicted molar refractivity (Wildman–Crippen MR) is 23.4 cm³/mol. The molecule has 0 saturated carbocycles. The van der Waals surface area contributed by atoms with Crippen molar-refractivity contribution in [2.75, 3.05) is 0 Å². The van der Waals surface area contributed by atoms with Gasteiger partial charge in [0.25, 0.3) is 0 Å². The summed E-state index contributed by atoms with van der Waals surface area (Å²) in [4.78, 5) is 14.8. The van der Waals surface area contributed by atoms with Crippen LogP contribution >= 0.6 is 7.75 Å². The molecule has 0 amide bonds. The van der Waals surface area contributed by atoms with Gasteiger partial charge in [0, 0.05) is 0 Å². The summed E-state index contributed by atoms with van der Waals surface area (Å²) in [6, 6.07) is 0. The van der Waals surface area contributed by atoms with Gasteiger partial charge in [-0.15, -0.1) is 0 Å². The molecule has 0 heterocycles. The molecule has 0 saturated heterocycles. The van der Waals surface area contributed by atoms with E-state index >= 15 is 0 Å². The minimum absolute atomic E-state index is 0. The van der Waals surface area contributed by atoms with Crippen LogP contribution in [0, 0.1) is 0 Å². The van der Waals surface area contributed by atoms with Gasteiger partial charge in [0.15, 0.2) is 0 Å². The standard InChI is InChI=1S/Li.H4NO3P.H/c;1-5(2,3)4;/h;(H4,1,2,3,4);. The third-order valence-electron chi connectivity index (χ3n) is 0. The van der Waals surface area contributed by atoms with E-state index in [1.807, 2.05) is 0 Å². The SMILES string of the molecule is NP(=O)(O)O.[LiH]. The van der Waals surface area contributed by atoms with Gasteiger partial charge in [-0.2, -0.15) is 0 Å². The zero-order valence-corrected chi connectivity index (χ0v) is 3.22. The van der Waals surface area contributed by atoms with E-state index in [4.69, 9.17) is 14.4 Å². The van der Waals surface area contributed by atoms with Gasteiger partial charge in [0.05, 0.1) is 0 Å². The molecule has 0 aliphatic heterocycles. The summed E-state index contributed by atoms with van der Waals surface area (Å²) in [5.41, 5.74) is 4.02. The Kier molecular flexibility index (Phi) is 4.62. The zero-order chi connectivity index (χ0) is 4.50. The Morgan fingerprint density at radius 2 is 1.50 bits per heavy atom. The molecular weight excluding hydrogens is 99.9 g/mol. The zero-order valence-electron chi connectivity index (χ0n) is 2.33. The second kappa shape index (κ2) is 2.81. The Morgan fingerprint density at radius 3 is 1.50 bits per heavy atom. The molecule has 0 atom stereocenters. The van der Waals surface area contributed by atoms with Crippen molar-refractivity contribution in [2.45, 2.75) is 0 Å². The molecule has 4 nitrogen and oxygen atoms in total. The molecule has 0 aliphatic rings. The fourth-order valence-electron chi connectivity index (χ4n) is 0. The van der Waals surface area contributed by atoms with Crippen LogP contribution in [-0.4, -0.2) is 28.6 Å². The van der Waals surface area contributed by atoms with Gasteiger partial charge in [-0.3, -0.25) is 0 Å². The second-order valence-electron chi connectivity index (χ2n) is 0.589. The minimum atomic E-state index is -4.14. The van der Waals surface area contributed by atoms with Gasteiger partial charge < -0.3 is 9.79 Å². The van der Waals surface area contributed by atoms with E-state index in [2.05, 4.69) is 5.50 Å². The molecule has 6 heavy (non-hydrogen) atoms. The van der Waals surface area contributed by atoms with E-state index in [1.165, 1.54) is 0 Å². The maximum atomic E-state index is 9.10. The summed E-state index contributed by atoms with van der Waals surface area (Å²) < 4.78 is 9.10. The van der Waals surface area contributed by atoms with Crippen LogP contribution in [0.3, 0.4) is 0 Å². The van der Waals surface area contributed by atoms with Crippen molar-refractivity contribution in [2.24, 2.45) is 5.50 Å². The van der Waals surface area contributed by atoms with Crippen LogP contribution in [0.5, 0.6) is 0 Å². The van der Waals surface area contributed by atoms with Crippen LogP contribution in [0.1, 0.15) is 0 Å². The van der Waals surface area contributed by atoms with Gasteiger partial charge in [-0.1, -0.05) is 0 Å². The van der Waals surface area contributed by atoms with Crippen molar-refractivity contribution < 1.29 is 14.4 Å². The number of rotatable bonds is 0. The van der Waals surface area contributed by atoms with Gasteiger partial charge >= 0.3 is 26.6 Å². The first-order valence-corrected chi connectivity index (χ1v) is 2.52. The average molecular weight is 105 g/mol. The van der Waals surface area contributed by atoms with Crippen LogP contribution in [-0.2, 0) is 4.57 Å². The third-order valence-corrected chi connectivity index (χ3v) is 0. The Hall–Kier alpha value is 0.707. The summed E-state index contributed by atoms with van der Waals surface area (Å²) >= 11 is 0. The van der Waals surface area contributed by atoms with E-state index in [0.717, 1.165) is 0 Å². The Bertz CT molecular complexity index is 56.9. The first-order valence-electron chi connectivity index (χ1n) is 0.841. The molecule has 0 unspecified atom stereocenters. The molecule has 0 radical (unpaired) electrons. The molecule has 0 aliphatic carbocycles. The third kappa shape index (κ3) is 129. The van der Waals surface area contributed by atoms with E-state index in [0.29, 0.717) is 0 Å². The number of nitrogens with two attached hydrogens (primary N) is 1. The molecule has 6 heteroatoms. The second-order valence-corrected chi connectivity index (χ2v) is 1.77. The first kappa shape index (κ1) is 9.86. The van der Waals surface area contributed by atoms with E-state index in [9.17, 15) is 0 Å². The summed E-state index contributed by atoms with van der Waals surface area (Å²) in [5.74, 6) is 0. The fourth-order valence-corrected chi connectivity index (χ4v) is 0. The Morgan fingerprint density at radius 1 is 1.50 bits per heavy atom. The quantitative estimate of drug-likeness (QED) is 0.255. The first-order chi connectivity index (χ1) is 2.00. The van der Waals surface area contributed by atoms with Crippen LogP contribution in [0.2, 0.25) is 0 Å². The van der Waals surface area contributed by atoms with Crippen molar-refractivity contribution >= 4 is 26.6 Å². The molecule has 0 bridgehead atoms. The Balaban J connectivity index is 0. The van der Waals surface area contributed by atoms with Gasteiger partial charge in [0.1, 0.15) is 0 Å². The average Bonchev–Trinajstić information content (AvgIpc) is 0.722. The van der Waals surface area contributed by atoms with Crippen molar-refractivity contribution in [3.63, 3.8) is 0 Å². The molecule has 0 aromatic heterocycles. The molecule has 0 aromatic carbocycles. The fraction of sp³-hybridized carbons (Fsp3) is 0. The van der Waals surface area contributed by atoms with E-state index in [1.54, 1.807) is 0 Å². The number of hydrogen-bond acceptors (Lipinski definition) is 1. The van der Waals surface area contributed by atoms with Crippen LogP contribution in [0.25, 0.3) is 0 Å². The van der Waals surface area contributed by atoms with Crippen molar-refractivity contribution in [1.29, 1.82) is 0 Å². The van der Waals surface area contributed by atoms with Crippen molar-refractivity contribution in [3.05, 3.63) is 0 Å². The summed E-state index contributed by atoms with van der Waals surface area (Å²) in [5, 5.41) is 0. The monoisotopic (exact) mass is 105 g/mol. The van der Waals surface area contributed by atoms with Crippen LogP contribution < -0.4 is 5.50 Å². The normalized spacial score (nSPS) is 9.83. The van der Waals surface area contributed by atoms with Gasteiger partial charge in [0.2, 0.25) is 0 Å². The Labute approximate surface area is 47.1 Å². The van der Waals surface area contributed by atoms with Crippen LogP contribution in [0.4, 0.5) is 0 Å². The molecule has 0 spiro atoms. The molecule has 4 N–H and O–H groups in total. The molecule has 0 fully saturated rings.